The van der Waals surface area contributed by atoms with Crippen molar-refractivity contribution in [2.45, 2.75) is 70.5 Å². The normalized spacial score (nSPS) is 16.2. The molecule has 0 radical (unpaired) electrons. The van der Waals surface area contributed by atoms with Gasteiger partial charge in [-0.1, -0.05) is 26.3 Å². The van der Waals surface area contributed by atoms with Crippen molar-refractivity contribution >= 4 is 10.0 Å². The standard InChI is InChI=1S/C16H26N2O2S/c1-11(2)17-10-14-8-12(3)13(4)16(9-14)21(19,20)18-15-6-5-7-15/h8-9,11,15,17-18H,5-7,10H2,1-4H3. The highest BCUT2D eigenvalue weighted by Crippen LogP contribution is 2.25. The molecule has 2 N–H and O–H groups in total. The second kappa shape index (κ2) is 6.46. The summed E-state index contributed by atoms with van der Waals surface area (Å²) in [4.78, 5) is 0.426. The van der Waals surface area contributed by atoms with E-state index in [-0.39, 0.29) is 6.04 Å². The van der Waals surface area contributed by atoms with E-state index < -0.39 is 10.0 Å². The summed E-state index contributed by atoms with van der Waals surface area (Å²) in [5.41, 5.74) is 2.88. The van der Waals surface area contributed by atoms with Gasteiger partial charge in [0.15, 0.2) is 0 Å². The van der Waals surface area contributed by atoms with Crippen molar-refractivity contribution in [2.24, 2.45) is 0 Å². The van der Waals surface area contributed by atoms with Crippen LogP contribution >= 0.6 is 0 Å². The molecule has 0 unspecified atom stereocenters. The second-order valence-corrected chi connectivity index (χ2v) is 8.00. The van der Waals surface area contributed by atoms with Crippen molar-refractivity contribution in [1.82, 2.24) is 10.0 Å². The molecule has 1 aliphatic carbocycles. The Kier molecular flexibility index (Phi) is 5.07. The molecule has 0 heterocycles. The molecule has 0 saturated heterocycles. The summed E-state index contributed by atoms with van der Waals surface area (Å²) < 4.78 is 28.0. The summed E-state index contributed by atoms with van der Waals surface area (Å²) in [7, 11) is -3.41. The van der Waals surface area contributed by atoms with Gasteiger partial charge >= 0.3 is 0 Å². The fraction of sp³-hybridized carbons (Fsp3) is 0.625. The minimum atomic E-state index is -3.41. The van der Waals surface area contributed by atoms with Crippen LogP contribution in [0.1, 0.15) is 49.8 Å². The number of rotatable bonds is 6. The Balaban J connectivity index is 2.28. The Morgan fingerprint density at radius 1 is 1.24 bits per heavy atom. The maximum absolute atomic E-state index is 12.6. The van der Waals surface area contributed by atoms with Crippen LogP contribution in [-0.2, 0) is 16.6 Å². The molecule has 5 heteroatoms. The van der Waals surface area contributed by atoms with Crippen molar-refractivity contribution in [3.63, 3.8) is 0 Å². The van der Waals surface area contributed by atoms with E-state index in [1.54, 1.807) is 6.07 Å². The zero-order valence-electron chi connectivity index (χ0n) is 13.4. The molecule has 1 aromatic rings. The van der Waals surface area contributed by atoms with Crippen molar-refractivity contribution in [1.29, 1.82) is 0 Å². The number of sulfonamides is 1. The van der Waals surface area contributed by atoms with Gasteiger partial charge in [-0.2, -0.15) is 0 Å². The van der Waals surface area contributed by atoms with Crippen LogP contribution in [-0.4, -0.2) is 20.5 Å². The molecule has 1 aromatic carbocycles. The summed E-state index contributed by atoms with van der Waals surface area (Å²) in [6.07, 6.45) is 3.02. The largest absolute Gasteiger partial charge is 0.310 e. The van der Waals surface area contributed by atoms with Gasteiger partial charge in [-0.25, -0.2) is 13.1 Å². The van der Waals surface area contributed by atoms with Crippen LogP contribution in [0, 0.1) is 13.8 Å². The van der Waals surface area contributed by atoms with Crippen molar-refractivity contribution in [3.8, 4) is 0 Å². The molecule has 0 aromatic heterocycles. The van der Waals surface area contributed by atoms with Crippen LogP contribution in [0.4, 0.5) is 0 Å². The molecule has 21 heavy (non-hydrogen) atoms. The third kappa shape index (κ3) is 4.05. The maximum atomic E-state index is 12.6. The Morgan fingerprint density at radius 2 is 1.90 bits per heavy atom. The van der Waals surface area contributed by atoms with E-state index in [0.29, 0.717) is 17.5 Å². The predicted molar refractivity (Wildman–Crippen MR) is 85.9 cm³/mol. The minimum absolute atomic E-state index is 0.118. The van der Waals surface area contributed by atoms with E-state index in [2.05, 4.69) is 30.0 Å². The maximum Gasteiger partial charge on any atom is 0.241 e. The van der Waals surface area contributed by atoms with E-state index in [1.165, 1.54) is 0 Å². The van der Waals surface area contributed by atoms with E-state index in [0.717, 1.165) is 36.0 Å². The zero-order chi connectivity index (χ0) is 15.6. The minimum Gasteiger partial charge on any atom is -0.310 e. The van der Waals surface area contributed by atoms with Gasteiger partial charge in [-0.3, -0.25) is 0 Å². The Labute approximate surface area is 128 Å². The quantitative estimate of drug-likeness (QED) is 0.849. The lowest BCUT2D eigenvalue weighted by Crippen LogP contribution is -2.39. The molecule has 0 bridgehead atoms. The third-order valence-electron chi connectivity index (χ3n) is 4.11. The number of aryl methyl sites for hydroxylation is 1. The number of hydrogen-bond acceptors (Lipinski definition) is 3. The van der Waals surface area contributed by atoms with Crippen molar-refractivity contribution < 1.29 is 8.42 Å². The summed E-state index contributed by atoms with van der Waals surface area (Å²) in [6.45, 7) is 8.69. The molecular formula is C16H26N2O2S. The van der Waals surface area contributed by atoms with Gasteiger partial charge in [0.1, 0.15) is 0 Å². The zero-order valence-corrected chi connectivity index (χ0v) is 14.2. The first-order valence-electron chi connectivity index (χ1n) is 7.65. The Hall–Kier alpha value is -0.910. The van der Waals surface area contributed by atoms with E-state index in [9.17, 15) is 8.42 Å². The Morgan fingerprint density at radius 3 is 2.43 bits per heavy atom. The van der Waals surface area contributed by atoms with Crippen molar-refractivity contribution in [2.75, 3.05) is 0 Å². The summed E-state index contributed by atoms with van der Waals surface area (Å²) in [6, 6.07) is 4.36. The topological polar surface area (TPSA) is 58.2 Å². The molecule has 1 aliphatic rings. The van der Waals surface area contributed by atoms with E-state index >= 15 is 0 Å². The van der Waals surface area contributed by atoms with Crippen LogP contribution < -0.4 is 10.0 Å². The lowest BCUT2D eigenvalue weighted by molar-refractivity contribution is 0.383. The van der Waals surface area contributed by atoms with Gasteiger partial charge in [-0.05, 0) is 49.4 Å². The second-order valence-electron chi connectivity index (χ2n) is 6.32. The highest BCUT2D eigenvalue weighted by atomic mass is 32.2. The number of benzene rings is 1. The highest BCUT2D eigenvalue weighted by molar-refractivity contribution is 7.89. The highest BCUT2D eigenvalue weighted by Gasteiger charge is 2.26. The fourth-order valence-corrected chi connectivity index (χ4v) is 4.08. The molecular weight excluding hydrogens is 284 g/mol. The summed E-state index contributed by atoms with van der Waals surface area (Å²) >= 11 is 0. The van der Waals surface area contributed by atoms with Gasteiger partial charge in [0.25, 0.3) is 0 Å². The van der Waals surface area contributed by atoms with Gasteiger partial charge in [0.05, 0.1) is 4.90 Å². The molecule has 1 fully saturated rings. The van der Waals surface area contributed by atoms with Crippen molar-refractivity contribution in [3.05, 3.63) is 28.8 Å². The van der Waals surface area contributed by atoms with Gasteiger partial charge in [0.2, 0.25) is 10.0 Å². The van der Waals surface area contributed by atoms with Crippen LogP contribution in [0.5, 0.6) is 0 Å². The lowest BCUT2D eigenvalue weighted by atomic mass is 9.94. The summed E-state index contributed by atoms with van der Waals surface area (Å²) in [5, 5.41) is 3.34. The monoisotopic (exact) mass is 310 g/mol. The first-order chi connectivity index (χ1) is 9.79. The van der Waals surface area contributed by atoms with E-state index in [4.69, 9.17) is 0 Å². The van der Waals surface area contributed by atoms with Gasteiger partial charge < -0.3 is 5.32 Å². The third-order valence-corrected chi connectivity index (χ3v) is 5.76. The molecule has 0 amide bonds. The van der Waals surface area contributed by atoms with Gasteiger partial charge in [-0.15, -0.1) is 0 Å². The first-order valence-corrected chi connectivity index (χ1v) is 9.14. The molecule has 118 valence electrons. The van der Waals surface area contributed by atoms with Crippen LogP contribution in [0.15, 0.2) is 17.0 Å². The average molecular weight is 310 g/mol. The predicted octanol–water partition coefficient (Wildman–Crippen LogP) is 2.63. The molecule has 0 spiro atoms. The molecule has 4 nitrogen and oxygen atoms in total. The molecule has 2 rings (SSSR count). The van der Waals surface area contributed by atoms with E-state index in [1.807, 2.05) is 13.8 Å². The molecule has 0 atom stereocenters. The van der Waals surface area contributed by atoms with Crippen LogP contribution in [0.2, 0.25) is 0 Å². The Bertz CT molecular complexity index is 605. The first kappa shape index (κ1) is 16.5. The number of hydrogen-bond donors (Lipinski definition) is 2. The number of nitrogens with one attached hydrogen (secondary N) is 2. The summed E-state index contributed by atoms with van der Waals surface area (Å²) in [5.74, 6) is 0. The molecule has 1 saturated carbocycles. The smallest absolute Gasteiger partial charge is 0.241 e. The van der Waals surface area contributed by atoms with Crippen LogP contribution in [0.25, 0.3) is 0 Å². The van der Waals surface area contributed by atoms with Crippen LogP contribution in [0.3, 0.4) is 0 Å². The SMILES string of the molecule is Cc1cc(CNC(C)C)cc(S(=O)(=O)NC2CCC2)c1C. The fourth-order valence-electron chi connectivity index (χ4n) is 2.41. The lowest BCUT2D eigenvalue weighted by Gasteiger charge is -2.26. The van der Waals surface area contributed by atoms with Gasteiger partial charge in [0, 0.05) is 18.6 Å². The average Bonchev–Trinajstić information content (AvgIpc) is 2.35. The molecule has 0 aliphatic heterocycles.